The van der Waals surface area contributed by atoms with Crippen LogP contribution < -0.4 is 11.1 Å². The Labute approximate surface area is 161 Å². The van der Waals surface area contributed by atoms with Gasteiger partial charge in [-0.2, -0.15) is 0 Å². The van der Waals surface area contributed by atoms with E-state index in [4.69, 9.17) is 10.8 Å². The van der Waals surface area contributed by atoms with Crippen molar-refractivity contribution in [3.8, 4) is 0 Å². The van der Waals surface area contributed by atoms with Crippen molar-refractivity contribution < 1.29 is 9.90 Å². The Morgan fingerprint density at radius 2 is 1.68 bits per heavy atom. The van der Waals surface area contributed by atoms with Gasteiger partial charge in [0.15, 0.2) is 0 Å². The van der Waals surface area contributed by atoms with Gasteiger partial charge >= 0.3 is 0 Å². The first-order chi connectivity index (χ1) is 8.20. The first-order valence-electron chi connectivity index (χ1n) is 6.49. The molecule has 0 rings (SSSR count). The van der Waals surface area contributed by atoms with Crippen molar-refractivity contribution in [1.29, 1.82) is 0 Å². The molecule has 0 spiro atoms. The van der Waals surface area contributed by atoms with Crippen molar-refractivity contribution >= 4 is 65.0 Å². The summed E-state index contributed by atoms with van der Waals surface area (Å²) in [4.78, 5) is 11.2. The number of unbranched alkanes of at least 4 members (excludes halogenated alkanes) is 6. The molecule has 6 heteroatoms. The van der Waals surface area contributed by atoms with Crippen LogP contribution in [0, 0.1) is 0 Å². The Hall–Kier alpha value is 1.13. The minimum Gasteiger partial charge on any atom is -0.372 e. The Kier molecular flexibility index (Phi) is 25.3. The minimum absolute atomic E-state index is 0. The summed E-state index contributed by atoms with van der Waals surface area (Å²) in [5.41, 5.74) is 5.18. The molecule has 19 heavy (non-hydrogen) atoms. The fourth-order valence-electron chi connectivity index (χ4n) is 1.60. The van der Waals surface area contributed by atoms with Crippen LogP contribution in [0.2, 0.25) is 0 Å². The number of nitrogens with one attached hydrogen (secondary N) is 1. The van der Waals surface area contributed by atoms with E-state index in [2.05, 4.69) is 11.9 Å². The fraction of sp³-hybridized carbons (Fsp3) is 0.769. The third-order valence-electron chi connectivity index (χ3n) is 2.61. The number of rotatable bonds is 11. The number of hydrogen-bond acceptors (Lipinski definition) is 3. The molecular weight excluding hydrogens is 262 g/mol. The average Bonchev–Trinajstić information content (AvgIpc) is 2.32. The summed E-state index contributed by atoms with van der Waals surface area (Å²) in [5, 5.41) is 11.5. The van der Waals surface area contributed by atoms with Crippen LogP contribution in [0.3, 0.4) is 0 Å². The quantitative estimate of drug-likeness (QED) is 0.229. The molecule has 0 aromatic rings. The number of carbonyl (C=O) groups excluding carboxylic acids is 1. The zero-order valence-electron chi connectivity index (χ0n) is 12.7. The van der Waals surface area contributed by atoms with Crippen LogP contribution in [-0.4, -0.2) is 82.9 Å². The van der Waals surface area contributed by atoms with E-state index in [0.717, 1.165) is 19.3 Å². The van der Waals surface area contributed by atoms with E-state index in [1.54, 1.807) is 0 Å². The molecule has 2 radical (unpaired) electrons. The van der Waals surface area contributed by atoms with Crippen molar-refractivity contribution in [2.24, 2.45) is 5.73 Å². The molecule has 1 unspecified atom stereocenters. The summed E-state index contributed by atoms with van der Waals surface area (Å²) in [6.07, 6.45) is 9.42. The van der Waals surface area contributed by atoms with E-state index in [1.165, 1.54) is 25.7 Å². The molecule has 0 fully saturated rings. The Morgan fingerprint density at radius 3 is 2.21 bits per heavy atom. The van der Waals surface area contributed by atoms with Crippen molar-refractivity contribution in [2.45, 2.75) is 57.6 Å². The van der Waals surface area contributed by atoms with Gasteiger partial charge in [-0.25, -0.2) is 0 Å². The third-order valence-corrected chi connectivity index (χ3v) is 2.61. The number of aliphatic hydroxyl groups excluding tert-OH is 1. The maximum atomic E-state index is 11.2. The van der Waals surface area contributed by atoms with Gasteiger partial charge < -0.3 is 16.2 Å². The molecule has 102 valence electrons. The zero-order chi connectivity index (χ0) is 12.9. The van der Waals surface area contributed by atoms with E-state index in [9.17, 15) is 4.79 Å². The summed E-state index contributed by atoms with van der Waals surface area (Å²) in [5.74, 6) is -0.116. The molecular formula is C13H26N2Na2O2. The molecule has 4 nitrogen and oxygen atoms in total. The van der Waals surface area contributed by atoms with Gasteiger partial charge in [-0.15, -0.1) is 6.58 Å². The number of allylic oxidation sites excluding steroid dienone is 1. The summed E-state index contributed by atoms with van der Waals surface area (Å²) >= 11 is 0. The van der Waals surface area contributed by atoms with Gasteiger partial charge in [-0.1, -0.05) is 31.8 Å². The molecule has 0 aliphatic rings. The molecule has 0 aliphatic carbocycles. The number of amides is 1. The van der Waals surface area contributed by atoms with Gasteiger partial charge in [0.2, 0.25) is 5.91 Å². The molecule has 1 atom stereocenters. The van der Waals surface area contributed by atoms with Crippen LogP contribution in [-0.2, 0) is 4.79 Å². The summed E-state index contributed by atoms with van der Waals surface area (Å²) in [6.45, 7) is 3.75. The average molecular weight is 288 g/mol. The van der Waals surface area contributed by atoms with Crippen LogP contribution in [0.5, 0.6) is 0 Å². The number of aliphatic hydroxyl groups is 1. The topological polar surface area (TPSA) is 75.3 Å². The molecule has 0 saturated carbocycles. The Morgan fingerprint density at radius 1 is 1.16 bits per heavy atom. The van der Waals surface area contributed by atoms with Crippen molar-refractivity contribution in [3.63, 3.8) is 0 Å². The fourth-order valence-corrected chi connectivity index (χ4v) is 1.60. The molecule has 0 aliphatic heterocycles. The Bertz CT molecular complexity index is 217. The number of hydrogen-bond donors (Lipinski definition) is 3. The van der Waals surface area contributed by atoms with Crippen LogP contribution in [0.25, 0.3) is 0 Å². The van der Waals surface area contributed by atoms with E-state index >= 15 is 0 Å². The van der Waals surface area contributed by atoms with Crippen LogP contribution in [0.15, 0.2) is 12.7 Å². The second-order valence-electron chi connectivity index (χ2n) is 4.27. The van der Waals surface area contributed by atoms with Crippen LogP contribution >= 0.6 is 0 Å². The van der Waals surface area contributed by atoms with E-state index < -0.39 is 6.23 Å². The molecule has 0 saturated heterocycles. The summed E-state index contributed by atoms with van der Waals surface area (Å²) in [7, 11) is 0. The maximum Gasteiger partial charge on any atom is 0.222 e. The smallest absolute Gasteiger partial charge is 0.222 e. The zero-order valence-corrected chi connectivity index (χ0v) is 16.7. The summed E-state index contributed by atoms with van der Waals surface area (Å²) < 4.78 is 0. The van der Waals surface area contributed by atoms with Crippen LogP contribution in [0.4, 0.5) is 0 Å². The molecule has 1 amide bonds. The van der Waals surface area contributed by atoms with Crippen molar-refractivity contribution in [1.82, 2.24) is 5.32 Å². The second-order valence-corrected chi connectivity index (χ2v) is 4.27. The van der Waals surface area contributed by atoms with E-state index in [-0.39, 0.29) is 71.6 Å². The van der Waals surface area contributed by atoms with Gasteiger partial charge in [0.05, 0.1) is 0 Å². The maximum absolute atomic E-state index is 11.2. The van der Waals surface area contributed by atoms with Crippen LogP contribution in [0.1, 0.15) is 51.4 Å². The predicted molar refractivity (Wildman–Crippen MR) is 81.8 cm³/mol. The van der Waals surface area contributed by atoms with E-state index in [0.29, 0.717) is 6.42 Å². The van der Waals surface area contributed by atoms with Gasteiger partial charge in [-0.3, -0.25) is 4.79 Å². The second kappa shape index (κ2) is 19.1. The standard InChI is InChI=1S/C13H26N2O2.2Na/c1-2-3-4-5-6-7-8-9-10-12(16)15-13(17)11-14;;/h2,13,17H,1,3-11,14H2,(H,15,16);;. The van der Waals surface area contributed by atoms with Gasteiger partial charge in [0.25, 0.3) is 0 Å². The number of carbonyl (C=O) groups is 1. The summed E-state index contributed by atoms with van der Waals surface area (Å²) in [6, 6.07) is 0. The molecule has 0 aromatic heterocycles. The third kappa shape index (κ3) is 19.1. The molecule has 0 bridgehead atoms. The van der Waals surface area contributed by atoms with Gasteiger partial charge in [0, 0.05) is 72.1 Å². The van der Waals surface area contributed by atoms with Crippen molar-refractivity contribution in [2.75, 3.05) is 6.54 Å². The molecule has 4 N–H and O–H groups in total. The van der Waals surface area contributed by atoms with Crippen molar-refractivity contribution in [3.05, 3.63) is 12.7 Å². The first kappa shape index (κ1) is 25.1. The van der Waals surface area contributed by atoms with Gasteiger partial charge in [0.1, 0.15) is 6.23 Å². The largest absolute Gasteiger partial charge is 0.372 e. The van der Waals surface area contributed by atoms with E-state index in [1.807, 2.05) is 6.08 Å². The first-order valence-corrected chi connectivity index (χ1v) is 6.49. The molecule has 0 aromatic carbocycles. The Balaban J connectivity index is -0.00000128. The monoisotopic (exact) mass is 288 g/mol. The minimum atomic E-state index is -0.901. The predicted octanol–water partition coefficient (Wildman–Crippen LogP) is 0.925. The number of nitrogens with two attached hydrogens (primary N) is 1. The molecule has 0 heterocycles. The van der Waals surface area contributed by atoms with Gasteiger partial charge in [-0.05, 0) is 19.3 Å². The SMILES string of the molecule is C=CCCCCCCCCC(=O)NC(O)CN.[Na].[Na]. The normalized spacial score (nSPS) is 10.8.